The van der Waals surface area contributed by atoms with Gasteiger partial charge in [0.1, 0.15) is 10.7 Å². The van der Waals surface area contributed by atoms with Gasteiger partial charge in [0.2, 0.25) is 5.13 Å². The predicted octanol–water partition coefficient (Wildman–Crippen LogP) is 4.54. The second-order valence-electron chi connectivity index (χ2n) is 5.56. The van der Waals surface area contributed by atoms with Gasteiger partial charge in [0.15, 0.2) is 4.77 Å². The molecule has 1 aromatic carbocycles. The van der Waals surface area contributed by atoms with Gasteiger partial charge in [-0.15, -0.1) is 10.2 Å². The minimum atomic E-state index is -0.275. The van der Waals surface area contributed by atoms with Crippen LogP contribution in [0, 0.1) is 4.77 Å². The summed E-state index contributed by atoms with van der Waals surface area (Å²) in [6.07, 6.45) is 3.61. The number of H-pyrrole nitrogens is 1. The number of benzene rings is 1. The first kappa shape index (κ1) is 17.5. The molecule has 0 saturated carbocycles. The van der Waals surface area contributed by atoms with Crippen molar-refractivity contribution in [3.8, 4) is 5.69 Å². The molecule has 0 aliphatic heterocycles. The first-order valence-corrected chi connectivity index (χ1v) is 9.37. The number of carbonyl (C=O) groups excluding carboxylic acids is 1. The van der Waals surface area contributed by atoms with E-state index in [1.807, 2.05) is 30.3 Å². The number of amides is 1. The van der Waals surface area contributed by atoms with Gasteiger partial charge in [-0.2, -0.15) is 0 Å². The summed E-state index contributed by atoms with van der Waals surface area (Å²) in [5.41, 5.74) is 1.25. The number of aromatic nitrogens is 4. The maximum Gasteiger partial charge on any atom is 0.276 e. The largest absolute Gasteiger partial charge is 0.336 e. The third-order valence-electron chi connectivity index (χ3n) is 4.02. The summed E-state index contributed by atoms with van der Waals surface area (Å²) in [6.45, 7) is 4.25. The minimum Gasteiger partial charge on any atom is -0.336 e. The highest BCUT2D eigenvalue weighted by atomic mass is 32.1. The van der Waals surface area contributed by atoms with Gasteiger partial charge in [0.25, 0.3) is 5.91 Å². The molecule has 0 aliphatic carbocycles. The molecule has 0 saturated heterocycles. The van der Waals surface area contributed by atoms with E-state index in [9.17, 15) is 4.79 Å². The molecule has 0 aliphatic rings. The van der Waals surface area contributed by atoms with Crippen LogP contribution in [0.25, 0.3) is 5.69 Å². The SMILES string of the molecule is CCC(CC)c1nnc(NC(=O)c2c[nH]c(=S)n2-c2ccccc2)s1. The molecular formula is C17H19N5OS2. The number of imidazole rings is 1. The van der Waals surface area contributed by atoms with Crippen LogP contribution < -0.4 is 5.32 Å². The van der Waals surface area contributed by atoms with Gasteiger partial charge < -0.3 is 4.98 Å². The monoisotopic (exact) mass is 373 g/mol. The van der Waals surface area contributed by atoms with Crippen molar-refractivity contribution in [2.75, 3.05) is 5.32 Å². The number of rotatable bonds is 6. The molecule has 0 spiro atoms. The van der Waals surface area contributed by atoms with Crippen LogP contribution in [0.3, 0.4) is 0 Å². The molecule has 3 aromatic rings. The first-order valence-electron chi connectivity index (χ1n) is 8.14. The van der Waals surface area contributed by atoms with E-state index in [-0.39, 0.29) is 5.91 Å². The third kappa shape index (κ3) is 3.69. The van der Waals surface area contributed by atoms with Crippen LogP contribution in [-0.2, 0) is 0 Å². The van der Waals surface area contributed by atoms with Gasteiger partial charge in [0.05, 0.1) is 0 Å². The van der Waals surface area contributed by atoms with Crippen LogP contribution in [0.2, 0.25) is 0 Å². The third-order valence-corrected chi connectivity index (χ3v) is 5.32. The predicted molar refractivity (Wildman–Crippen MR) is 102 cm³/mol. The highest BCUT2D eigenvalue weighted by Crippen LogP contribution is 2.28. The summed E-state index contributed by atoms with van der Waals surface area (Å²) < 4.78 is 2.17. The molecule has 0 atom stereocenters. The molecule has 0 fully saturated rings. The van der Waals surface area contributed by atoms with E-state index >= 15 is 0 Å². The molecule has 6 nitrogen and oxygen atoms in total. The Labute approximate surface area is 154 Å². The molecule has 2 N–H and O–H groups in total. The van der Waals surface area contributed by atoms with Crippen molar-refractivity contribution in [2.45, 2.75) is 32.6 Å². The number of aromatic amines is 1. The van der Waals surface area contributed by atoms with E-state index < -0.39 is 0 Å². The Bertz CT molecular complexity index is 909. The van der Waals surface area contributed by atoms with Crippen molar-refractivity contribution in [3.05, 3.63) is 52.0 Å². The summed E-state index contributed by atoms with van der Waals surface area (Å²) >= 11 is 6.73. The quantitative estimate of drug-likeness (QED) is 0.622. The first-order chi connectivity index (χ1) is 12.1. The molecule has 0 bridgehead atoms. The van der Waals surface area contributed by atoms with Crippen molar-refractivity contribution in [1.82, 2.24) is 19.7 Å². The van der Waals surface area contributed by atoms with Crippen molar-refractivity contribution in [1.29, 1.82) is 0 Å². The average molecular weight is 374 g/mol. The summed E-state index contributed by atoms with van der Waals surface area (Å²) in [5, 5.41) is 12.6. The molecule has 1 amide bonds. The lowest BCUT2D eigenvalue weighted by Gasteiger charge is -2.07. The number of para-hydroxylation sites is 1. The highest BCUT2D eigenvalue weighted by molar-refractivity contribution is 7.71. The summed E-state index contributed by atoms with van der Waals surface area (Å²) in [7, 11) is 0. The number of nitrogens with zero attached hydrogens (tertiary/aromatic N) is 3. The molecular weight excluding hydrogens is 354 g/mol. The number of carbonyl (C=O) groups is 1. The average Bonchev–Trinajstić information content (AvgIpc) is 3.24. The zero-order chi connectivity index (χ0) is 17.8. The Kier molecular flexibility index (Phi) is 5.40. The van der Waals surface area contributed by atoms with Gasteiger partial charge in [-0.05, 0) is 37.2 Å². The van der Waals surface area contributed by atoms with Crippen LogP contribution in [0.15, 0.2) is 36.5 Å². The van der Waals surface area contributed by atoms with Crippen LogP contribution in [0.5, 0.6) is 0 Å². The Morgan fingerprint density at radius 2 is 2.00 bits per heavy atom. The zero-order valence-corrected chi connectivity index (χ0v) is 15.7. The van der Waals surface area contributed by atoms with Gasteiger partial charge in [-0.3, -0.25) is 14.7 Å². The normalized spacial score (nSPS) is 11.0. The van der Waals surface area contributed by atoms with Crippen LogP contribution >= 0.6 is 23.6 Å². The Morgan fingerprint density at radius 1 is 1.28 bits per heavy atom. The van der Waals surface area contributed by atoms with Crippen LogP contribution in [-0.4, -0.2) is 25.7 Å². The van der Waals surface area contributed by atoms with Gasteiger partial charge in [-0.1, -0.05) is 43.4 Å². The van der Waals surface area contributed by atoms with Crippen molar-refractivity contribution >= 4 is 34.6 Å². The summed E-state index contributed by atoms with van der Waals surface area (Å²) in [5.74, 6) is 0.104. The lowest BCUT2D eigenvalue weighted by atomic mass is 10.1. The number of anilines is 1. The highest BCUT2D eigenvalue weighted by Gasteiger charge is 2.18. The molecule has 130 valence electrons. The number of nitrogens with one attached hydrogen (secondary N) is 2. The zero-order valence-electron chi connectivity index (χ0n) is 14.0. The molecule has 0 radical (unpaired) electrons. The van der Waals surface area contributed by atoms with Crippen LogP contribution in [0.4, 0.5) is 5.13 Å². The van der Waals surface area contributed by atoms with Gasteiger partial charge >= 0.3 is 0 Å². The maximum absolute atomic E-state index is 12.7. The van der Waals surface area contributed by atoms with Crippen molar-refractivity contribution in [3.63, 3.8) is 0 Å². The minimum absolute atomic E-state index is 0.275. The topological polar surface area (TPSA) is 75.6 Å². The molecule has 3 rings (SSSR count). The second-order valence-corrected chi connectivity index (χ2v) is 6.96. The van der Waals surface area contributed by atoms with E-state index in [2.05, 4.69) is 34.3 Å². The van der Waals surface area contributed by atoms with Gasteiger partial charge in [-0.25, -0.2) is 0 Å². The second kappa shape index (κ2) is 7.71. The van der Waals surface area contributed by atoms with E-state index in [4.69, 9.17) is 12.2 Å². The summed E-state index contributed by atoms with van der Waals surface area (Å²) in [4.78, 5) is 15.6. The molecule has 2 aromatic heterocycles. The summed E-state index contributed by atoms with van der Waals surface area (Å²) in [6, 6.07) is 9.52. The van der Waals surface area contributed by atoms with Crippen molar-refractivity contribution in [2.24, 2.45) is 0 Å². The van der Waals surface area contributed by atoms with E-state index in [1.54, 1.807) is 10.8 Å². The fourth-order valence-electron chi connectivity index (χ4n) is 2.62. The molecule has 2 heterocycles. The fraction of sp³-hybridized carbons (Fsp3) is 0.294. The fourth-order valence-corrected chi connectivity index (χ4v) is 3.89. The number of hydrogen-bond acceptors (Lipinski definition) is 5. The van der Waals surface area contributed by atoms with E-state index in [0.29, 0.717) is 21.5 Å². The lowest BCUT2D eigenvalue weighted by Crippen LogP contribution is -2.16. The van der Waals surface area contributed by atoms with Gasteiger partial charge in [0, 0.05) is 17.8 Å². The maximum atomic E-state index is 12.7. The van der Waals surface area contributed by atoms with Crippen molar-refractivity contribution < 1.29 is 4.79 Å². The Balaban J connectivity index is 1.85. The Morgan fingerprint density at radius 3 is 2.68 bits per heavy atom. The smallest absolute Gasteiger partial charge is 0.276 e. The molecule has 8 heteroatoms. The van der Waals surface area contributed by atoms with Crippen LogP contribution in [0.1, 0.15) is 48.1 Å². The van der Waals surface area contributed by atoms with E-state index in [0.717, 1.165) is 23.5 Å². The standard InChI is InChI=1S/C17H19N5OS2/c1-3-11(4-2)15-20-21-16(25-15)19-14(23)13-10-18-17(24)22(13)12-8-6-5-7-9-12/h5-11H,3-4H2,1-2H3,(H,18,24)(H,19,21,23). The molecule has 25 heavy (non-hydrogen) atoms. The Hall–Kier alpha value is -2.32. The lowest BCUT2D eigenvalue weighted by molar-refractivity contribution is 0.102. The molecule has 0 unspecified atom stereocenters. The number of hydrogen-bond donors (Lipinski definition) is 2. The van der Waals surface area contributed by atoms with E-state index in [1.165, 1.54) is 11.3 Å².